The summed E-state index contributed by atoms with van der Waals surface area (Å²) in [6, 6.07) is 10.2. The summed E-state index contributed by atoms with van der Waals surface area (Å²) in [4.78, 5) is 51.2. The van der Waals surface area contributed by atoms with Crippen LogP contribution in [0.5, 0.6) is 0 Å². The van der Waals surface area contributed by atoms with Gasteiger partial charge < -0.3 is 25.4 Å². The van der Waals surface area contributed by atoms with Gasteiger partial charge in [-0.1, -0.05) is 41.4 Å². The number of hydrogen-bond donors (Lipinski definition) is 3. The van der Waals surface area contributed by atoms with Crippen molar-refractivity contribution >= 4 is 52.6 Å². The van der Waals surface area contributed by atoms with Gasteiger partial charge in [0.2, 0.25) is 11.8 Å². The fourth-order valence-electron chi connectivity index (χ4n) is 4.12. The molecule has 2 aromatic carbocycles. The van der Waals surface area contributed by atoms with Gasteiger partial charge in [0.15, 0.2) is 0 Å². The summed E-state index contributed by atoms with van der Waals surface area (Å²) < 4.78 is 4.95. The van der Waals surface area contributed by atoms with Gasteiger partial charge in [-0.2, -0.15) is 0 Å². The van der Waals surface area contributed by atoms with Crippen molar-refractivity contribution in [3.05, 3.63) is 63.6 Å². The number of carbonyl (C=O) groups excluding carboxylic acids is 3. The van der Waals surface area contributed by atoms with Gasteiger partial charge in [0, 0.05) is 32.3 Å². The average molecular weight is 550 g/mol. The molecule has 3 rings (SSSR count). The second kappa shape index (κ2) is 13.4. The highest BCUT2D eigenvalue weighted by Gasteiger charge is 2.31. The van der Waals surface area contributed by atoms with E-state index in [1.54, 1.807) is 47.4 Å². The molecule has 0 radical (unpaired) electrons. The van der Waals surface area contributed by atoms with Gasteiger partial charge in [-0.25, -0.2) is 4.79 Å². The molecule has 1 saturated heterocycles. The van der Waals surface area contributed by atoms with Gasteiger partial charge in [0.1, 0.15) is 6.04 Å². The molecule has 2 unspecified atom stereocenters. The van der Waals surface area contributed by atoms with Crippen LogP contribution in [-0.2, 0) is 25.5 Å². The number of nitrogens with one attached hydrogen (secondary N) is 2. The minimum Gasteiger partial charge on any atom is -0.480 e. The van der Waals surface area contributed by atoms with E-state index in [9.17, 15) is 24.3 Å². The molecule has 198 valence electrons. The smallest absolute Gasteiger partial charge is 0.326 e. The van der Waals surface area contributed by atoms with Gasteiger partial charge in [0.25, 0.3) is 5.91 Å². The summed E-state index contributed by atoms with van der Waals surface area (Å²) in [5.74, 6) is -2.59. The van der Waals surface area contributed by atoms with E-state index in [0.29, 0.717) is 37.2 Å². The van der Waals surface area contributed by atoms with Crippen molar-refractivity contribution < 1.29 is 29.0 Å². The molecular formula is C26H29Cl2N3O6. The van der Waals surface area contributed by atoms with Gasteiger partial charge in [-0.3, -0.25) is 14.4 Å². The SMILES string of the molecule is COCCC(=O)N1CCCC(C(=O)NC(Cc2ccc(NC(=O)c3c(Cl)cccc3Cl)cc2)C(=O)O)C1. The molecule has 37 heavy (non-hydrogen) atoms. The Morgan fingerprint density at radius 2 is 1.78 bits per heavy atom. The Morgan fingerprint density at radius 1 is 1.11 bits per heavy atom. The fourth-order valence-corrected chi connectivity index (χ4v) is 4.69. The van der Waals surface area contributed by atoms with E-state index in [2.05, 4.69) is 10.6 Å². The van der Waals surface area contributed by atoms with Crippen molar-refractivity contribution in [2.75, 3.05) is 32.1 Å². The van der Waals surface area contributed by atoms with Crippen LogP contribution in [0.2, 0.25) is 10.0 Å². The van der Waals surface area contributed by atoms with Crippen LogP contribution in [0.4, 0.5) is 5.69 Å². The summed E-state index contributed by atoms with van der Waals surface area (Å²) in [5, 5.41) is 15.5. The lowest BCUT2D eigenvalue weighted by Gasteiger charge is -2.32. The number of amides is 3. The molecule has 11 heteroatoms. The number of carbonyl (C=O) groups is 4. The number of likely N-dealkylation sites (tertiary alicyclic amines) is 1. The van der Waals surface area contributed by atoms with Crippen molar-refractivity contribution in [2.24, 2.45) is 5.92 Å². The number of nitrogens with zero attached hydrogens (tertiary/aromatic N) is 1. The number of benzene rings is 2. The molecule has 1 aliphatic heterocycles. The zero-order chi connectivity index (χ0) is 26.9. The third kappa shape index (κ3) is 7.92. The molecule has 2 aromatic rings. The van der Waals surface area contributed by atoms with Gasteiger partial charge in [-0.15, -0.1) is 0 Å². The number of rotatable bonds is 10. The van der Waals surface area contributed by atoms with Crippen molar-refractivity contribution in [3.8, 4) is 0 Å². The molecular weight excluding hydrogens is 521 g/mol. The highest BCUT2D eigenvalue weighted by molar-refractivity contribution is 6.40. The number of hydrogen-bond acceptors (Lipinski definition) is 5. The lowest BCUT2D eigenvalue weighted by molar-refractivity contribution is -0.143. The van der Waals surface area contributed by atoms with Gasteiger partial charge >= 0.3 is 5.97 Å². The Labute approximate surface area is 225 Å². The quantitative estimate of drug-likeness (QED) is 0.415. The van der Waals surface area contributed by atoms with Crippen LogP contribution < -0.4 is 10.6 Å². The van der Waals surface area contributed by atoms with Crippen molar-refractivity contribution in [1.29, 1.82) is 0 Å². The second-order valence-corrected chi connectivity index (χ2v) is 9.59. The molecule has 1 fully saturated rings. The van der Waals surface area contributed by atoms with Crippen LogP contribution in [0, 0.1) is 5.92 Å². The maximum Gasteiger partial charge on any atom is 0.326 e. The summed E-state index contributed by atoms with van der Waals surface area (Å²) in [6.45, 7) is 1.13. The highest BCUT2D eigenvalue weighted by Crippen LogP contribution is 2.25. The first-order chi connectivity index (χ1) is 17.7. The average Bonchev–Trinajstić information content (AvgIpc) is 2.87. The maximum atomic E-state index is 12.8. The monoisotopic (exact) mass is 549 g/mol. The molecule has 0 bridgehead atoms. The molecule has 1 aliphatic rings. The summed E-state index contributed by atoms with van der Waals surface area (Å²) in [5.41, 5.74) is 1.29. The summed E-state index contributed by atoms with van der Waals surface area (Å²) in [7, 11) is 1.52. The molecule has 1 heterocycles. The van der Waals surface area contributed by atoms with E-state index in [1.807, 2.05) is 0 Å². The van der Waals surface area contributed by atoms with E-state index >= 15 is 0 Å². The minimum atomic E-state index is -1.16. The molecule has 3 N–H and O–H groups in total. The van der Waals surface area contributed by atoms with Crippen molar-refractivity contribution in [2.45, 2.75) is 31.7 Å². The predicted molar refractivity (Wildman–Crippen MR) is 140 cm³/mol. The number of anilines is 1. The second-order valence-electron chi connectivity index (χ2n) is 8.77. The number of carboxylic acid groups (broad SMARTS) is 1. The number of ether oxygens (including phenoxy) is 1. The molecule has 0 spiro atoms. The fraction of sp³-hybridized carbons (Fsp3) is 0.385. The third-order valence-corrected chi connectivity index (χ3v) is 6.75. The summed E-state index contributed by atoms with van der Waals surface area (Å²) >= 11 is 12.2. The third-order valence-electron chi connectivity index (χ3n) is 6.12. The first-order valence-corrected chi connectivity index (χ1v) is 12.6. The van der Waals surface area contributed by atoms with Crippen LogP contribution in [-0.4, -0.2) is 66.5 Å². The summed E-state index contributed by atoms with van der Waals surface area (Å²) in [6.07, 6.45) is 1.54. The first-order valence-electron chi connectivity index (χ1n) is 11.8. The van der Waals surface area contributed by atoms with E-state index in [0.717, 1.165) is 0 Å². The van der Waals surface area contributed by atoms with Crippen LogP contribution in [0.3, 0.4) is 0 Å². The van der Waals surface area contributed by atoms with Crippen LogP contribution >= 0.6 is 23.2 Å². The first kappa shape index (κ1) is 28.4. The molecule has 2 atom stereocenters. The highest BCUT2D eigenvalue weighted by atomic mass is 35.5. The molecule has 9 nitrogen and oxygen atoms in total. The van der Waals surface area contributed by atoms with E-state index in [4.69, 9.17) is 27.9 Å². The number of methoxy groups -OCH3 is 1. The normalized spacial score (nSPS) is 16.1. The van der Waals surface area contributed by atoms with E-state index in [-0.39, 0.29) is 40.9 Å². The predicted octanol–water partition coefficient (Wildman–Crippen LogP) is 3.63. The van der Waals surface area contributed by atoms with Crippen LogP contribution in [0.15, 0.2) is 42.5 Å². The van der Waals surface area contributed by atoms with Crippen LogP contribution in [0.1, 0.15) is 35.2 Å². The van der Waals surface area contributed by atoms with Gasteiger partial charge in [-0.05, 0) is 42.7 Å². The Kier molecular flexibility index (Phi) is 10.3. The Hall–Kier alpha value is -3.14. The zero-order valence-electron chi connectivity index (χ0n) is 20.3. The number of aliphatic carboxylic acids is 1. The number of piperidine rings is 1. The molecule has 0 saturated carbocycles. The van der Waals surface area contributed by atoms with Crippen molar-refractivity contribution in [1.82, 2.24) is 10.2 Å². The Bertz CT molecular complexity index is 1120. The van der Waals surface area contributed by atoms with E-state index in [1.165, 1.54) is 7.11 Å². The topological polar surface area (TPSA) is 125 Å². The van der Waals surface area contributed by atoms with Crippen molar-refractivity contribution in [3.63, 3.8) is 0 Å². The molecule has 3 amide bonds. The number of halogens is 2. The molecule has 0 aromatic heterocycles. The van der Waals surface area contributed by atoms with E-state index < -0.39 is 29.7 Å². The zero-order valence-corrected chi connectivity index (χ0v) is 21.8. The maximum absolute atomic E-state index is 12.8. The van der Waals surface area contributed by atoms with Crippen LogP contribution in [0.25, 0.3) is 0 Å². The van der Waals surface area contributed by atoms with Gasteiger partial charge in [0.05, 0.1) is 34.6 Å². The minimum absolute atomic E-state index is 0.0504. The lowest BCUT2D eigenvalue weighted by Crippen LogP contribution is -2.50. The lowest BCUT2D eigenvalue weighted by atomic mass is 9.96. The standard InChI is InChI=1S/C26H29Cl2N3O6/c1-37-13-11-22(32)31-12-3-4-17(15-31)24(33)30-21(26(35)36)14-16-7-9-18(10-8-16)29-25(34)23-19(27)5-2-6-20(23)28/h2,5-10,17,21H,3-4,11-15H2,1H3,(H,29,34)(H,30,33)(H,35,36). The Morgan fingerprint density at radius 3 is 2.41 bits per heavy atom. The Balaban J connectivity index is 1.59. The number of carboxylic acids is 1. The largest absolute Gasteiger partial charge is 0.480 e. The molecule has 0 aliphatic carbocycles.